The number of likely N-dealkylation sites (tertiary alicyclic amines) is 1. The van der Waals surface area contributed by atoms with E-state index in [1.54, 1.807) is 0 Å². The lowest BCUT2D eigenvalue weighted by molar-refractivity contribution is -0.118. The zero-order valence-electron chi connectivity index (χ0n) is 18.7. The number of carbonyl (C=O) groups excluding carboxylic acids is 1. The van der Waals surface area contributed by atoms with Crippen molar-refractivity contribution in [2.45, 2.75) is 50.6 Å². The molecular weight excluding hydrogens is 455 g/mol. The van der Waals surface area contributed by atoms with E-state index in [1.807, 2.05) is 37.3 Å². The molecule has 6 heteroatoms. The first-order valence-corrected chi connectivity index (χ1v) is 12.4. The molecule has 2 aliphatic rings. The summed E-state index contributed by atoms with van der Waals surface area (Å²) in [6.07, 6.45) is 5.18. The number of aryl methyl sites for hydroxylation is 1. The van der Waals surface area contributed by atoms with E-state index < -0.39 is 0 Å². The third kappa shape index (κ3) is 5.03. The van der Waals surface area contributed by atoms with Gasteiger partial charge in [-0.25, -0.2) is 0 Å². The summed E-state index contributed by atoms with van der Waals surface area (Å²) in [5.41, 5.74) is 3.30. The number of carbonyl (C=O) groups is 1. The van der Waals surface area contributed by atoms with Crippen molar-refractivity contribution in [3.8, 4) is 0 Å². The first-order valence-electron chi connectivity index (χ1n) is 11.7. The van der Waals surface area contributed by atoms with E-state index in [9.17, 15) is 4.79 Å². The SMILES string of the molecule is Cc1cc(CC2CC(c3cccc(Cl)c3)C(c3ccc(Cl)cc3)N(CC3CC3)C2C=O)no1. The highest BCUT2D eigenvalue weighted by Crippen LogP contribution is 2.49. The zero-order valence-corrected chi connectivity index (χ0v) is 20.2. The minimum Gasteiger partial charge on any atom is -0.361 e. The van der Waals surface area contributed by atoms with Crippen LogP contribution in [0.25, 0.3) is 0 Å². The van der Waals surface area contributed by atoms with Crippen LogP contribution < -0.4 is 0 Å². The van der Waals surface area contributed by atoms with Gasteiger partial charge in [-0.1, -0.05) is 52.6 Å². The monoisotopic (exact) mass is 482 g/mol. The second kappa shape index (κ2) is 9.61. The van der Waals surface area contributed by atoms with Gasteiger partial charge in [-0.3, -0.25) is 4.90 Å². The summed E-state index contributed by atoms with van der Waals surface area (Å²) in [4.78, 5) is 15.0. The maximum Gasteiger partial charge on any atom is 0.137 e. The van der Waals surface area contributed by atoms with E-state index in [4.69, 9.17) is 27.7 Å². The van der Waals surface area contributed by atoms with Crippen molar-refractivity contribution in [1.82, 2.24) is 10.1 Å². The molecule has 1 saturated carbocycles. The summed E-state index contributed by atoms with van der Waals surface area (Å²) in [6, 6.07) is 18.1. The molecule has 33 heavy (non-hydrogen) atoms. The average Bonchev–Trinajstić information content (AvgIpc) is 3.53. The van der Waals surface area contributed by atoms with Crippen LogP contribution in [0.2, 0.25) is 10.0 Å². The van der Waals surface area contributed by atoms with E-state index in [0.717, 1.165) is 35.7 Å². The van der Waals surface area contributed by atoms with Crippen molar-refractivity contribution < 1.29 is 9.32 Å². The Balaban J connectivity index is 1.58. The molecule has 0 amide bonds. The van der Waals surface area contributed by atoms with Crippen LogP contribution >= 0.6 is 23.2 Å². The Morgan fingerprint density at radius 2 is 1.85 bits per heavy atom. The molecule has 5 rings (SSSR count). The van der Waals surface area contributed by atoms with Gasteiger partial charge in [0.1, 0.15) is 12.0 Å². The third-order valence-electron chi connectivity index (χ3n) is 7.10. The molecule has 2 heterocycles. The molecule has 1 aliphatic carbocycles. The predicted molar refractivity (Wildman–Crippen MR) is 131 cm³/mol. The molecule has 1 aliphatic heterocycles. The number of hydrogen-bond acceptors (Lipinski definition) is 4. The van der Waals surface area contributed by atoms with Gasteiger partial charge in [0.2, 0.25) is 0 Å². The number of piperidine rings is 1. The topological polar surface area (TPSA) is 46.3 Å². The van der Waals surface area contributed by atoms with Crippen LogP contribution in [0.15, 0.2) is 59.1 Å². The summed E-state index contributed by atoms with van der Waals surface area (Å²) in [6.45, 7) is 2.82. The fourth-order valence-corrected chi connectivity index (χ4v) is 5.76. The predicted octanol–water partition coefficient (Wildman–Crippen LogP) is 6.66. The lowest BCUT2D eigenvalue weighted by Crippen LogP contribution is -2.52. The third-order valence-corrected chi connectivity index (χ3v) is 7.59. The maximum absolute atomic E-state index is 12.6. The molecular formula is C27H28Cl2N2O2. The van der Waals surface area contributed by atoms with Crippen LogP contribution in [0, 0.1) is 18.8 Å². The van der Waals surface area contributed by atoms with Crippen LogP contribution in [0.3, 0.4) is 0 Å². The number of halogens is 2. The molecule has 4 atom stereocenters. The van der Waals surface area contributed by atoms with Crippen molar-refractivity contribution in [2.75, 3.05) is 6.54 Å². The first-order chi connectivity index (χ1) is 16.0. The van der Waals surface area contributed by atoms with Crippen molar-refractivity contribution in [3.63, 3.8) is 0 Å². The summed E-state index contributed by atoms with van der Waals surface area (Å²) in [5.74, 6) is 1.77. The number of aromatic nitrogens is 1. The molecule has 172 valence electrons. The van der Waals surface area contributed by atoms with Crippen LogP contribution in [0.5, 0.6) is 0 Å². The highest BCUT2D eigenvalue weighted by molar-refractivity contribution is 6.30. The van der Waals surface area contributed by atoms with E-state index in [1.165, 1.54) is 24.0 Å². The fourth-order valence-electron chi connectivity index (χ4n) is 5.43. The molecule has 1 saturated heterocycles. The number of nitrogens with zero attached hydrogens (tertiary/aromatic N) is 2. The molecule has 4 nitrogen and oxygen atoms in total. The van der Waals surface area contributed by atoms with Gasteiger partial charge >= 0.3 is 0 Å². The molecule has 3 aromatic rings. The van der Waals surface area contributed by atoms with Gasteiger partial charge in [0.25, 0.3) is 0 Å². The lowest BCUT2D eigenvalue weighted by atomic mass is 9.72. The molecule has 4 unspecified atom stereocenters. The highest BCUT2D eigenvalue weighted by atomic mass is 35.5. The van der Waals surface area contributed by atoms with Crippen LogP contribution in [-0.4, -0.2) is 28.9 Å². The van der Waals surface area contributed by atoms with Gasteiger partial charge < -0.3 is 9.32 Å². The molecule has 0 N–H and O–H groups in total. The summed E-state index contributed by atoms with van der Waals surface area (Å²) >= 11 is 12.6. The van der Waals surface area contributed by atoms with Crippen molar-refractivity contribution in [2.24, 2.45) is 11.8 Å². The maximum atomic E-state index is 12.6. The van der Waals surface area contributed by atoms with Gasteiger partial charge in [-0.2, -0.15) is 0 Å². The van der Waals surface area contributed by atoms with Crippen molar-refractivity contribution >= 4 is 29.5 Å². The van der Waals surface area contributed by atoms with Crippen LogP contribution in [0.4, 0.5) is 0 Å². The molecule has 2 fully saturated rings. The number of aldehydes is 1. The van der Waals surface area contributed by atoms with Gasteiger partial charge in [-0.05, 0) is 79.8 Å². The van der Waals surface area contributed by atoms with Crippen molar-refractivity contribution in [1.29, 1.82) is 0 Å². The molecule has 0 radical (unpaired) electrons. The number of hydrogen-bond donors (Lipinski definition) is 0. The summed E-state index contributed by atoms with van der Waals surface area (Å²) in [7, 11) is 0. The Hall–Kier alpha value is -2.14. The van der Waals surface area contributed by atoms with Crippen LogP contribution in [0.1, 0.15) is 53.8 Å². The van der Waals surface area contributed by atoms with E-state index >= 15 is 0 Å². The Kier molecular flexibility index (Phi) is 6.60. The van der Waals surface area contributed by atoms with Gasteiger partial charge in [0.15, 0.2) is 0 Å². The van der Waals surface area contributed by atoms with E-state index in [0.29, 0.717) is 17.4 Å². The largest absolute Gasteiger partial charge is 0.361 e. The Labute approximate surface area is 204 Å². The van der Waals surface area contributed by atoms with E-state index in [2.05, 4.69) is 34.3 Å². The molecule has 0 spiro atoms. The van der Waals surface area contributed by atoms with E-state index in [-0.39, 0.29) is 23.9 Å². The Morgan fingerprint density at radius 1 is 1.06 bits per heavy atom. The second-order valence-electron chi connectivity index (χ2n) is 9.55. The minimum absolute atomic E-state index is 0.0758. The quantitative estimate of drug-likeness (QED) is 0.353. The molecule has 0 bridgehead atoms. The van der Waals surface area contributed by atoms with Gasteiger partial charge in [0.05, 0.1) is 11.7 Å². The van der Waals surface area contributed by atoms with Crippen molar-refractivity contribution in [3.05, 3.63) is 87.2 Å². The normalized spacial score (nSPS) is 25.8. The Bertz CT molecular complexity index is 1110. The molecule has 1 aromatic heterocycles. The number of benzene rings is 2. The zero-order chi connectivity index (χ0) is 22.9. The van der Waals surface area contributed by atoms with Crippen LogP contribution in [-0.2, 0) is 11.2 Å². The summed E-state index contributed by atoms with van der Waals surface area (Å²) in [5, 5.41) is 5.68. The highest BCUT2D eigenvalue weighted by Gasteiger charge is 2.45. The smallest absolute Gasteiger partial charge is 0.137 e. The first kappa shape index (κ1) is 22.6. The second-order valence-corrected chi connectivity index (χ2v) is 10.4. The van der Waals surface area contributed by atoms with Gasteiger partial charge in [0, 0.05) is 34.6 Å². The Morgan fingerprint density at radius 3 is 2.48 bits per heavy atom. The average molecular weight is 483 g/mol. The fraction of sp³-hybridized carbons (Fsp3) is 0.407. The van der Waals surface area contributed by atoms with Gasteiger partial charge in [-0.15, -0.1) is 0 Å². The molecule has 2 aromatic carbocycles. The number of rotatable bonds is 7. The summed E-state index contributed by atoms with van der Waals surface area (Å²) < 4.78 is 5.32. The standard InChI is InChI=1S/C27H28Cl2N2O2/c1-17-11-24(30-33-17)13-21-14-25(20-3-2-4-23(29)12-20)27(19-7-9-22(28)10-8-19)31(26(21)16-32)15-18-5-6-18/h2-4,7-12,16,18,21,25-27H,5-6,13-15H2,1H3. The minimum atomic E-state index is -0.182. The lowest BCUT2D eigenvalue weighted by Gasteiger charge is -2.49.